The second kappa shape index (κ2) is 12.1. The number of hydrogen-bond donors (Lipinski definition) is 3. The highest BCUT2D eigenvalue weighted by molar-refractivity contribution is 9.10. The maximum absolute atomic E-state index is 13.5. The van der Waals surface area contributed by atoms with Crippen LogP contribution in [0.2, 0.25) is 0 Å². The lowest BCUT2D eigenvalue weighted by atomic mass is 9.82. The van der Waals surface area contributed by atoms with Gasteiger partial charge in [-0.05, 0) is 49.4 Å². The number of nitrogens with zero attached hydrogens (tertiary/aromatic N) is 1. The number of ether oxygens (including phenoxy) is 2. The predicted molar refractivity (Wildman–Crippen MR) is 155 cm³/mol. The molecule has 0 radical (unpaired) electrons. The van der Waals surface area contributed by atoms with E-state index in [0.717, 1.165) is 28.0 Å². The molecule has 3 amide bonds. The number of aliphatic carboxylic acids is 1. The molecule has 1 saturated heterocycles. The van der Waals surface area contributed by atoms with E-state index < -0.39 is 59.9 Å². The first-order valence-corrected chi connectivity index (χ1v) is 15.0. The van der Waals surface area contributed by atoms with Gasteiger partial charge in [0, 0.05) is 26.5 Å². The van der Waals surface area contributed by atoms with Crippen molar-refractivity contribution in [3.8, 4) is 5.75 Å². The summed E-state index contributed by atoms with van der Waals surface area (Å²) in [4.78, 5) is 78.5. The Bertz CT molecular complexity index is 1650. The molecule has 2 aromatic carbocycles. The number of thiazole rings is 1. The Labute approximate surface area is 254 Å². The highest BCUT2D eigenvalue weighted by atomic mass is 79.9. The molecule has 218 valence electrons. The molecule has 42 heavy (non-hydrogen) atoms. The van der Waals surface area contributed by atoms with Gasteiger partial charge in [0.25, 0.3) is 5.91 Å². The van der Waals surface area contributed by atoms with E-state index in [1.54, 1.807) is 37.3 Å². The molecule has 12 nitrogen and oxygen atoms in total. The van der Waals surface area contributed by atoms with E-state index in [4.69, 9.17) is 9.47 Å². The SMILES string of the molecule is CCOC(=O)c1ccc(NC(=O)COc2ccc(Br)cc2[C@H]2c3sc(=O)[nH]c3SC3C(=O)N(CC(=O)O)C(=O)C32)cc1. The van der Waals surface area contributed by atoms with Crippen molar-refractivity contribution in [1.29, 1.82) is 0 Å². The van der Waals surface area contributed by atoms with Crippen molar-refractivity contribution >= 4 is 74.4 Å². The van der Waals surface area contributed by atoms with Gasteiger partial charge in [-0.15, -0.1) is 0 Å². The third-order valence-corrected chi connectivity index (χ3v) is 9.45. The topological polar surface area (TPSA) is 172 Å². The van der Waals surface area contributed by atoms with Gasteiger partial charge in [0.05, 0.1) is 23.1 Å². The number of benzene rings is 2. The van der Waals surface area contributed by atoms with E-state index in [0.29, 0.717) is 31.2 Å². The minimum atomic E-state index is -1.33. The predicted octanol–water partition coefficient (Wildman–Crippen LogP) is 3.07. The monoisotopic (exact) mass is 675 g/mol. The van der Waals surface area contributed by atoms with Gasteiger partial charge < -0.3 is 24.9 Å². The number of esters is 1. The van der Waals surface area contributed by atoms with Crippen molar-refractivity contribution in [2.45, 2.75) is 23.1 Å². The summed E-state index contributed by atoms with van der Waals surface area (Å²) in [5.41, 5.74) is 1.21. The minimum Gasteiger partial charge on any atom is -0.483 e. The molecule has 3 heterocycles. The number of likely N-dealkylation sites (tertiary alicyclic amines) is 1. The first-order valence-electron chi connectivity index (χ1n) is 12.5. The Morgan fingerprint density at radius 1 is 1.10 bits per heavy atom. The number of carboxylic acid groups (broad SMARTS) is 1. The van der Waals surface area contributed by atoms with Gasteiger partial charge >= 0.3 is 16.8 Å². The molecule has 5 rings (SSSR count). The number of hydrogen-bond acceptors (Lipinski definition) is 10. The van der Waals surface area contributed by atoms with Crippen molar-refractivity contribution in [2.24, 2.45) is 5.92 Å². The summed E-state index contributed by atoms with van der Waals surface area (Å²) in [6, 6.07) is 11.1. The molecule has 2 aliphatic heterocycles. The fraction of sp³-hybridized carbons (Fsp3) is 0.259. The van der Waals surface area contributed by atoms with Crippen LogP contribution < -0.4 is 14.9 Å². The average molecular weight is 677 g/mol. The highest BCUT2D eigenvalue weighted by Crippen LogP contribution is 2.54. The van der Waals surface area contributed by atoms with Crippen LogP contribution in [0.15, 0.2) is 56.8 Å². The molecule has 2 aliphatic rings. The number of aromatic nitrogens is 1. The maximum atomic E-state index is 13.5. The number of carbonyl (C=O) groups is 5. The van der Waals surface area contributed by atoms with Gasteiger partial charge in [-0.3, -0.25) is 28.9 Å². The number of carboxylic acids is 1. The first kappa shape index (κ1) is 29.5. The van der Waals surface area contributed by atoms with E-state index >= 15 is 0 Å². The lowest BCUT2D eigenvalue weighted by Gasteiger charge is -2.31. The fourth-order valence-electron chi connectivity index (χ4n) is 4.84. The van der Waals surface area contributed by atoms with Crippen LogP contribution in [0.1, 0.15) is 33.6 Å². The largest absolute Gasteiger partial charge is 0.483 e. The van der Waals surface area contributed by atoms with E-state index in [9.17, 15) is 33.9 Å². The zero-order valence-electron chi connectivity index (χ0n) is 21.7. The van der Waals surface area contributed by atoms with Crippen LogP contribution in [0.25, 0.3) is 0 Å². The number of H-pyrrole nitrogens is 1. The summed E-state index contributed by atoms with van der Waals surface area (Å²) < 4.78 is 11.5. The van der Waals surface area contributed by atoms with Crippen molar-refractivity contribution in [2.75, 3.05) is 25.1 Å². The molecule has 0 aliphatic carbocycles. The van der Waals surface area contributed by atoms with Crippen molar-refractivity contribution < 1.29 is 38.6 Å². The van der Waals surface area contributed by atoms with Crippen molar-refractivity contribution in [1.82, 2.24) is 9.88 Å². The number of anilines is 1. The summed E-state index contributed by atoms with van der Waals surface area (Å²) in [7, 11) is 0. The number of rotatable bonds is 9. The second-order valence-electron chi connectivity index (χ2n) is 9.22. The summed E-state index contributed by atoms with van der Waals surface area (Å²) in [6.45, 7) is 0.749. The standard InChI is InChI=1S/C27H22BrN3O9S2/c1-2-39-26(37)12-3-6-14(7-4-12)29-17(32)11-40-16-8-5-13(28)9-15(16)19-20-22(41-23-21(19)42-27(38)30-23)25(36)31(24(20)35)10-18(33)34/h3-9,19-20,22H,2,10-11H2,1H3,(H,29,32)(H,30,38)(H,33,34)/t19-,20?,22?/m1/s1. The smallest absolute Gasteiger partial charge is 0.338 e. The van der Waals surface area contributed by atoms with Crippen LogP contribution >= 0.6 is 39.0 Å². The molecule has 2 unspecified atom stereocenters. The molecule has 3 atom stereocenters. The van der Waals surface area contributed by atoms with Crippen molar-refractivity contribution in [3.63, 3.8) is 0 Å². The Morgan fingerprint density at radius 2 is 1.83 bits per heavy atom. The highest BCUT2D eigenvalue weighted by Gasteiger charge is 2.56. The normalized spacial score (nSPS) is 19.2. The number of amides is 3. The number of aromatic amines is 1. The molecule has 3 N–H and O–H groups in total. The van der Waals surface area contributed by atoms with Gasteiger partial charge in [-0.2, -0.15) is 0 Å². The quantitative estimate of drug-likeness (QED) is 0.226. The van der Waals surface area contributed by atoms with Gasteiger partial charge in [-0.1, -0.05) is 39.0 Å². The van der Waals surface area contributed by atoms with Gasteiger partial charge in [0.2, 0.25) is 11.8 Å². The van der Waals surface area contributed by atoms with Gasteiger partial charge in [0.1, 0.15) is 17.5 Å². The molecule has 0 bridgehead atoms. The van der Waals surface area contributed by atoms with E-state index in [2.05, 4.69) is 26.2 Å². The van der Waals surface area contributed by atoms with Crippen LogP contribution in [0.3, 0.4) is 0 Å². The summed E-state index contributed by atoms with van der Waals surface area (Å²) in [5.74, 6) is -5.19. The summed E-state index contributed by atoms with van der Waals surface area (Å²) >= 11 is 5.35. The zero-order chi connectivity index (χ0) is 30.1. The second-order valence-corrected chi connectivity index (χ2v) is 12.3. The lowest BCUT2D eigenvalue weighted by Crippen LogP contribution is -2.36. The number of nitrogens with one attached hydrogen (secondary N) is 2. The van der Waals surface area contributed by atoms with Crippen LogP contribution in [-0.4, -0.2) is 69.7 Å². The maximum Gasteiger partial charge on any atom is 0.338 e. The first-order chi connectivity index (χ1) is 20.1. The molecule has 15 heteroatoms. The van der Waals surface area contributed by atoms with E-state index in [-0.39, 0.29) is 17.2 Å². The van der Waals surface area contributed by atoms with E-state index in [1.807, 2.05) is 0 Å². The van der Waals surface area contributed by atoms with Crippen molar-refractivity contribution in [3.05, 3.63) is 72.6 Å². The zero-order valence-corrected chi connectivity index (χ0v) is 25.0. The number of halogens is 1. The molecular weight excluding hydrogens is 654 g/mol. The van der Waals surface area contributed by atoms with Crippen LogP contribution in [-0.2, 0) is 23.9 Å². The Hall–Kier alpha value is -3.95. The van der Waals surface area contributed by atoms with Gasteiger partial charge in [-0.25, -0.2) is 4.79 Å². The molecule has 0 saturated carbocycles. The lowest BCUT2D eigenvalue weighted by molar-refractivity contribution is -0.149. The summed E-state index contributed by atoms with van der Waals surface area (Å²) in [5, 5.41) is 11.4. The fourth-order valence-corrected chi connectivity index (χ4v) is 7.75. The molecule has 0 spiro atoms. The van der Waals surface area contributed by atoms with E-state index in [1.165, 1.54) is 12.1 Å². The third kappa shape index (κ3) is 5.84. The molecule has 1 fully saturated rings. The number of carbonyl (C=O) groups excluding carboxylic acids is 4. The molecule has 1 aromatic heterocycles. The number of thioether (sulfide) groups is 1. The van der Waals surface area contributed by atoms with Crippen LogP contribution in [0.5, 0.6) is 5.75 Å². The Kier molecular flexibility index (Phi) is 8.52. The van der Waals surface area contributed by atoms with Crippen LogP contribution in [0, 0.1) is 5.92 Å². The number of imide groups is 1. The molecular formula is C27H22BrN3O9S2. The Balaban J connectivity index is 1.41. The number of fused-ring (bicyclic) bond motifs is 2. The van der Waals surface area contributed by atoms with Crippen LogP contribution in [0.4, 0.5) is 5.69 Å². The van der Waals surface area contributed by atoms with Gasteiger partial charge in [0.15, 0.2) is 6.61 Å². The molecule has 3 aromatic rings. The third-order valence-electron chi connectivity index (χ3n) is 6.55. The minimum absolute atomic E-state index is 0.239. The summed E-state index contributed by atoms with van der Waals surface area (Å²) in [6.07, 6.45) is 0. The average Bonchev–Trinajstić information content (AvgIpc) is 3.43. The Morgan fingerprint density at radius 3 is 2.52 bits per heavy atom.